The van der Waals surface area contributed by atoms with Gasteiger partial charge in [-0.1, -0.05) is 6.92 Å². The molecule has 0 radical (unpaired) electrons. The first kappa shape index (κ1) is 9.99. The third-order valence-corrected chi connectivity index (χ3v) is 0.991. The van der Waals surface area contributed by atoms with E-state index < -0.39 is 0 Å². The maximum Gasteiger partial charge on any atom is 0.100 e. The van der Waals surface area contributed by atoms with E-state index in [0.29, 0.717) is 18.8 Å². The van der Waals surface area contributed by atoms with Crippen molar-refractivity contribution in [3.63, 3.8) is 0 Å². The molecule has 0 spiro atoms. The van der Waals surface area contributed by atoms with E-state index in [-0.39, 0.29) is 0 Å². The Morgan fingerprint density at radius 3 is 2.82 bits per heavy atom. The van der Waals surface area contributed by atoms with Crippen molar-refractivity contribution in [3.05, 3.63) is 11.8 Å². The fourth-order valence-corrected chi connectivity index (χ4v) is 0.526. The first-order chi connectivity index (χ1) is 5.35. The Kier molecular flexibility index (Phi) is 6.45. The summed E-state index contributed by atoms with van der Waals surface area (Å²) in [4.78, 5) is 0. The molecule has 3 nitrogen and oxygen atoms in total. The van der Waals surface area contributed by atoms with Gasteiger partial charge in [0.15, 0.2) is 0 Å². The normalized spacial score (nSPS) is 10.8. The Morgan fingerprint density at radius 1 is 1.64 bits per heavy atom. The summed E-state index contributed by atoms with van der Waals surface area (Å²) < 4.78 is 9.78. The number of hydrogen-bond donors (Lipinski definition) is 0. The Balaban J connectivity index is 3.64. The maximum absolute atomic E-state index is 8.48. The second kappa shape index (κ2) is 7.10. The third-order valence-electron chi connectivity index (χ3n) is 0.991. The van der Waals surface area contributed by atoms with Crippen LogP contribution < -0.4 is 0 Å². The first-order valence-electron chi connectivity index (χ1n) is 3.54. The van der Waals surface area contributed by atoms with Crippen LogP contribution in [0.1, 0.15) is 13.3 Å². The predicted molar refractivity (Wildman–Crippen MR) is 41.8 cm³/mol. The number of methoxy groups -OCH3 is 1. The molecule has 0 rings (SSSR count). The summed E-state index contributed by atoms with van der Waals surface area (Å²) in [5.41, 5.74) is 0.515. The van der Waals surface area contributed by atoms with Gasteiger partial charge < -0.3 is 9.47 Å². The van der Waals surface area contributed by atoms with E-state index in [0.717, 1.165) is 6.42 Å². The number of rotatable bonds is 5. The molecule has 62 valence electrons. The molecule has 0 saturated carbocycles. The van der Waals surface area contributed by atoms with Gasteiger partial charge in [0.1, 0.15) is 6.07 Å². The van der Waals surface area contributed by atoms with Crippen molar-refractivity contribution in [1.29, 1.82) is 5.26 Å². The van der Waals surface area contributed by atoms with Crippen LogP contribution in [-0.4, -0.2) is 20.3 Å². The van der Waals surface area contributed by atoms with Crippen LogP contribution in [0.15, 0.2) is 11.8 Å². The maximum atomic E-state index is 8.48. The first-order valence-corrected chi connectivity index (χ1v) is 3.54. The molecule has 0 atom stereocenters. The van der Waals surface area contributed by atoms with Crippen molar-refractivity contribution >= 4 is 0 Å². The second-order valence-electron chi connectivity index (χ2n) is 2.06. The van der Waals surface area contributed by atoms with E-state index in [1.54, 1.807) is 7.11 Å². The lowest BCUT2D eigenvalue weighted by Gasteiger charge is -1.98. The smallest absolute Gasteiger partial charge is 0.100 e. The quantitative estimate of drug-likeness (QED) is 0.343. The SMILES string of the molecule is CCCO/C=C(\C#N)COC. The molecule has 0 heterocycles. The molecule has 0 amide bonds. The van der Waals surface area contributed by atoms with E-state index in [9.17, 15) is 0 Å². The largest absolute Gasteiger partial charge is 0.500 e. The van der Waals surface area contributed by atoms with E-state index >= 15 is 0 Å². The van der Waals surface area contributed by atoms with Crippen molar-refractivity contribution in [2.45, 2.75) is 13.3 Å². The number of hydrogen-bond acceptors (Lipinski definition) is 3. The molecule has 0 aliphatic rings. The highest BCUT2D eigenvalue weighted by Gasteiger charge is 1.92. The summed E-state index contributed by atoms with van der Waals surface area (Å²) in [5.74, 6) is 0. The lowest BCUT2D eigenvalue weighted by atomic mass is 10.3. The van der Waals surface area contributed by atoms with Gasteiger partial charge in [-0.3, -0.25) is 0 Å². The lowest BCUT2D eigenvalue weighted by molar-refractivity contribution is 0.213. The Hall–Kier alpha value is -1.01. The van der Waals surface area contributed by atoms with Crippen LogP contribution in [-0.2, 0) is 9.47 Å². The summed E-state index contributed by atoms with van der Waals surface area (Å²) in [5, 5.41) is 8.48. The monoisotopic (exact) mass is 155 g/mol. The minimum absolute atomic E-state index is 0.320. The number of nitriles is 1. The molecule has 0 aromatic heterocycles. The standard InChI is InChI=1S/C8H13NO2/c1-3-4-11-7-8(5-9)6-10-2/h7H,3-4,6H2,1-2H3/b8-7+. The molecule has 0 aromatic carbocycles. The van der Waals surface area contributed by atoms with Crippen LogP contribution in [0.25, 0.3) is 0 Å². The highest BCUT2D eigenvalue weighted by molar-refractivity contribution is 5.18. The Morgan fingerprint density at radius 2 is 2.36 bits per heavy atom. The zero-order valence-electron chi connectivity index (χ0n) is 6.96. The van der Waals surface area contributed by atoms with Crippen LogP contribution in [0, 0.1) is 11.3 Å². The summed E-state index contributed by atoms with van der Waals surface area (Å²) in [7, 11) is 1.55. The Bertz CT molecular complexity index is 158. The van der Waals surface area contributed by atoms with Gasteiger partial charge in [0, 0.05) is 7.11 Å². The van der Waals surface area contributed by atoms with Gasteiger partial charge in [-0.25, -0.2) is 0 Å². The third kappa shape index (κ3) is 5.43. The molecule has 0 aromatic rings. The molecule has 3 heteroatoms. The van der Waals surface area contributed by atoms with Crippen LogP contribution in [0.2, 0.25) is 0 Å². The van der Waals surface area contributed by atoms with Crippen molar-refractivity contribution in [2.75, 3.05) is 20.3 Å². The van der Waals surface area contributed by atoms with Crippen molar-refractivity contribution in [2.24, 2.45) is 0 Å². The average Bonchev–Trinajstić information content (AvgIpc) is 2.03. The van der Waals surface area contributed by atoms with Crippen LogP contribution in [0.3, 0.4) is 0 Å². The highest BCUT2D eigenvalue weighted by Crippen LogP contribution is 1.93. The molecule has 0 fully saturated rings. The van der Waals surface area contributed by atoms with Gasteiger partial charge in [-0.2, -0.15) is 5.26 Å². The molecular formula is C8H13NO2. The summed E-state index contributed by atoms with van der Waals surface area (Å²) in [6.45, 7) is 2.98. The molecule has 0 aliphatic heterocycles. The lowest BCUT2D eigenvalue weighted by Crippen LogP contribution is -1.93. The fraction of sp³-hybridized carbons (Fsp3) is 0.625. The summed E-state index contributed by atoms with van der Waals surface area (Å²) in [6, 6.07) is 1.97. The Labute approximate surface area is 67.2 Å². The van der Waals surface area contributed by atoms with E-state index in [1.807, 2.05) is 13.0 Å². The minimum atomic E-state index is 0.320. The van der Waals surface area contributed by atoms with Gasteiger partial charge in [0.2, 0.25) is 0 Å². The van der Waals surface area contributed by atoms with Gasteiger partial charge >= 0.3 is 0 Å². The molecule has 0 aliphatic carbocycles. The highest BCUT2D eigenvalue weighted by atomic mass is 16.5. The predicted octanol–water partition coefficient (Wildman–Crippen LogP) is 1.47. The van der Waals surface area contributed by atoms with Crippen LogP contribution in [0.5, 0.6) is 0 Å². The van der Waals surface area contributed by atoms with Crippen LogP contribution >= 0.6 is 0 Å². The van der Waals surface area contributed by atoms with Crippen molar-refractivity contribution < 1.29 is 9.47 Å². The van der Waals surface area contributed by atoms with Crippen LogP contribution in [0.4, 0.5) is 0 Å². The zero-order chi connectivity index (χ0) is 8.53. The van der Waals surface area contributed by atoms with Crippen molar-refractivity contribution in [3.8, 4) is 6.07 Å². The molecule has 11 heavy (non-hydrogen) atoms. The van der Waals surface area contributed by atoms with Gasteiger partial charge in [-0.15, -0.1) is 0 Å². The van der Waals surface area contributed by atoms with E-state index in [1.165, 1.54) is 6.26 Å². The van der Waals surface area contributed by atoms with E-state index in [4.69, 9.17) is 14.7 Å². The zero-order valence-corrected chi connectivity index (χ0v) is 6.96. The number of ether oxygens (including phenoxy) is 2. The van der Waals surface area contributed by atoms with E-state index in [2.05, 4.69) is 0 Å². The minimum Gasteiger partial charge on any atom is -0.500 e. The summed E-state index contributed by atoms with van der Waals surface area (Å²) in [6.07, 6.45) is 2.40. The van der Waals surface area contributed by atoms with Gasteiger partial charge in [-0.05, 0) is 6.42 Å². The topological polar surface area (TPSA) is 42.2 Å². The molecule has 0 saturated heterocycles. The summed E-state index contributed by atoms with van der Waals surface area (Å²) >= 11 is 0. The van der Waals surface area contributed by atoms with Gasteiger partial charge in [0.05, 0.1) is 25.0 Å². The fourth-order valence-electron chi connectivity index (χ4n) is 0.526. The number of nitrogens with zero attached hydrogens (tertiary/aromatic N) is 1. The second-order valence-corrected chi connectivity index (χ2v) is 2.06. The molecule has 0 unspecified atom stereocenters. The van der Waals surface area contributed by atoms with Gasteiger partial charge in [0.25, 0.3) is 0 Å². The molecular weight excluding hydrogens is 142 g/mol. The average molecular weight is 155 g/mol. The molecule has 0 bridgehead atoms. The molecule has 0 N–H and O–H groups in total. The van der Waals surface area contributed by atoms with Crippen molar-refractivity contribution in [1.82, 2.24) is 0 Å².